The average molecular weight is 300 g/mol. The number of hydrogen-bond donors (Lipinski definition) is 1. The summed E-state index contributed by atoms with van der Waals surface area (Å²) in [5.41, 5.74) is 1.14. The highest BCUT2D eigenvalue weighted by Gasteiger charge is 2.22. The molecule has 1 aromatic carbocycles. The third-order valence-corrected chi connectivity index (χ3v) is 3.56. The molecule has 0 bridgehead atoms. The van der Waals surface area contributed by atoms with Gasteiger partial charge in [-0.3, -0.25) is 0 Å². The molecule has 1 saturated carbocycles. The van der Waals surface area contributed by atoms with Crippen LogP contribution in [0.3, 0.4) is 0 Å². The van der Waals surface area contributed by atoms with E-state index in [9.17, 15) is 0 Å². The number of nitrogens with one attached hydrogen (secondary N) is 1. The molecule has 4 heteroatoms. The van der Waals surface area contributed by atoms with Crippen LogP contribution in [0, 0.1) is 0 Å². The summed E-state index contributed by atoms with van der Waals surface area (Å²) in [6.07, 6.45) is 2.57. The molecule has 94 valence electrons. The molecule has 17 heavy (non-hydrogen) atoms. The second-order valence-corrected chi connectivity index (χ2v) is 5.00. The molecule has 0 saturated heterocycles. The summed E-state index contributed by atoms with van der Waals surface area (Å²) >= 11 is 3.58. The van der Waals surface area contributed by atoms with Gasteiger partial charge in [-0.15, -0.1) is 0 Å². The van der Waals surface area contributed by atoms with Gasteiger partial charge >= 0.3 is 0 Å². The minimum Gasteiger partial charge on any atom is -0.493 e. The maximum absolute atomic E-state index is 5.70. The van der Waals surface area contributed by atoms with E-state index in [0.29, 0.717) is 12.6 Å². The Bertz CT molecular complexity index is 391. The highest BCUT2D eigenvalue weighted by atomic mass is 79.9. The predicted octanol–water partition coefficient (Wildman–Crippen LogP) is 3.11. The first-order valence-corrected chi connectivity index (χ1v) is 6.77. The van der Waals surface area contributed by atoms with Crippen LogP contribution in [0.2, 0.25) is 0 Å². The molecule has 1 aromatic rings. The zero-order chi connectivity index (χ0) is 12.3. The molecule has 1 aliphatic carbocycles. The maximum Gasteiger partial charge on any atom is 0.166 e. The summed E-state index contributed by atoms with van der Waals surface area (Å²) in [6, 6.07) is 4.61. The molecule has 1 N–H and O–H groups in total. The van der Waals surface area contributed by atoms with Crippen molar-refractivity contribution in [3.8, 4) is 11.5 Å². The Morgan fingerprint density at radius 3 is 2.76 bits per heavy atom. The zero-order valence-corrected chi connectivity index (χ0v) is 11.8. The van der Waals surface area contributed by atoms with Crippen LogP contribution >= 0.6 is 15.9 Å². The van der Waals surface area contributed by atoms with Gasteiger partial charge in [0.15, 0.2) is 11.5 Å². The van der Waals surface area contributed by atoms with Crippen LogP contribution in [0.15, 0.2) is 16.6 Å². The van der Waals surface area contributed by atoms with Gasteiger partial charge in [-0.05, 0) is 31.9 Å². The second-order valence-electron chi connectivity index (χ2n) is 4.15. The minimum atomic E-state index is 0.642. The average Bonchev–Trinajstić information content (AvgIpc) is 3.13. The molecule has 0 amide bonds. The van der Waals surface area contributed by atoms with Crippen molar-refractivity contribution >= 4 is 15.9 Å². The van der Waals surface area contributed by atoms with Gasteiger partial charge in [0, 0.05) is 22.6 Å². The zero-order valence-electron chi connectivity index (χ0n) is 10.3. The number of methoxy groups -OCH3 is 1. The Morgan fingerprint density at radius 1 is 1.41 bits per heavy atom. The van der Waals surface area contributed by atoms with E-state index in [4.69, 9.17) is 9.47 Å². The van der Waals surface area contributed by atoms with Crippen molar-refractivity contribution < 1.29 is 9.47 Å². The Labute approximate surface area is 111 Å². The number of benzene rings is 1. The van der Waals surface area contributed by atoms with Crippen molar-refractivity contribution in [1.82, 2.24) is 5.32 Å². The van der Waals surface area contributed by atoms with Gasteiger partial charge in [0.05, 0.1) is 13.7 Å². The monoisotopic (exact) mass is 299 g/mol. The first kappa shape index (κ1) is 12.7. The Balaban J connectivity index is 2.23. The number of hydrogen-bond acceptors (Lipinski definition) is 3. The molecule has 3 nitrogen and oxygen atoms in total. The van der Waals surface area contributed by atoms with Gasteiger partial charge in [0.1, 0.15) is 0 Å². The van der Waals surface area contributed by atoms with Crippen LogP contribution in [0.4, 0.5) is 0 Å². The first-order valence-electron chi connectivity index (χ1n) is 5.97. The normalized spacial score (nSPS) is 14.8. The third-order valence-electron chi connectivity index (χ3n) is 2.82. The second kappa shape index (κ2) is 5.74. The van der Waals surface area contributed by atoms with E-state index in [1.54, 1.807) is 7.11 Å². The third kappa shape index (κ3) is 3.13. The van der Waals surface area contributed by atoms with Gasteiger partial charge in [0.2, 0.25) is 0 Å². The van der Waals surface area contributed by atoms with Crippen molar-refractivity contribution in [2.24, 2.45) is 0 Å². The van der Waals surface area contributed by atoms with Crippen molar-refractivity contribution in [2.75, 3.05) is 13.7 Å². The van der Waals surface area contributed by atoms with E-state index >= 15 is 0 Å². The summed E-state index contributed by atoms with van der Waals surface area (Å²) < 4.78 is 12.1. The van der Waals surface area contributed by atoms with Crippen molar-refractivity contribution in [2.45, 2.75) is 32.4 Å². The lowest BCUT2D eigenvalue weighted by Crippen LogP contribution is -2.16. The molecule has 1 aliphatic rings. The molecule has 1 fully saturated rings. The van der Waals surface area contributed by atoms with E-state index in [1.165, 1.54) is 12.8 Å². The fourth-order valence-electron chi connectivity index (χ4n) is 1.74. The SMILES string of the molecule is CCOc1c(OC)ccc(Br)c1CNC1CC1. The first-order chi connectivity index (χ1) is 8.26. The van der Waals surface area contributed by atoms with E-state index in [-0.39, 0.29) is 0 Å². The van der Waals surface area contributed by atoms with Crippen molar-refractivity contribution in [3.05, 3.63) is 22.2 Å². The molecule has 0 aliphatic heterocycles. The van der Waals surface area contributed by atoms with E-state index < -0.39 is 0 Å². The highest BCUT2D eigenvalue weighted by molar-refractivity contribution is 9.10. The summed E-state index contributed by atoms with van der Waals surface area (Å²) in [5.74, 6) is 1.64. The van der Waals surface area contributed by atoms with Gasteiger partial charge in [-0.1, -0.05) is 15.9 Å². The standard InChI is InChI=1S/C13H18BrNO2/c1-3-17-13-10(8-15-9-4-5-9)11(14)6-7-12(13)16-2/h6-7,9,15H,3-5,8H2,1-2H3. The van der Waals surface area contributed by atoms with E-state index in [2.05, 4.69) is 21.2 Å². The Hall–Kier alpha value is -0.740. The van der Waals surface area contributed by atoms with Crippen LogP contribution < -0.4 is 14.8 Å². The molecule has 2 rings (SSSR count). The largest absolute Gasteiger partial charge is 0.493 e. The van der Waals surface area contributed by atoms with Gasteiger partial charge in [-0.2, -0.15) is 0 Å². The molecular weight excluding hydrogens is 282 g/mol. The number of rotatable bonds is 6. The quantitative estimate of drug-likeness (QED) is 0.875. The van der Waals surface area contributed by atoms with Crippen LogP contribution in [0.1, 0.15) is 25.3 Å². The van der Waals surface area contributed by atoms with E-state index in [0.717, 1.165) is 28.1 Å². The summed E-state index contributed by atoms with van der Waals surface area (Å²) in [5, 5.41) is 3.50. The molecule has 0 atom stereocenters. The van der Waals surface area contributed by atoms with Crippen LogP contribution in [-0.2, 0) is 6.54 Å². The maximum atomic E-state index is 5.70. The molecule has 0 radical (unpaired) electrons. The van der Waals surface area contributed by atoms with Gasteiger partial charge in [0.25, 0.3) is 0 Å². The number of halogens is 1. The summed E-state index contributed by atoms with van der Waals surface area (Å²) in [4.78, 5) is 0. The lowest BCUT2D eigenvalue weighted by Gasteiger charge is -2.16. The fraction of sp³-hybridized carbons (Fsp3) is 0.538. The van der Waals surface area contributed by atoms with Crippen molar-refractivity contribution in [3.63, 3.8) is 0 Å². The Morgan fingerprint density at radius 2 is 2.18 bits per heavy atom. The lowest BCUT2D eigenvalue weighted by atomic mass is 10.2. The summed E-state index contributed by atoms with van der Waals surface area (Å²) in [7, 11) is 1.67. The molecule has 0 unspecified atom stereocenters. The smallest absolute Gasteiger partial charge is 0.166 e. The van der Waals surface area contributed by atoms with Crippen LogP contribution in [0.5, 0.6) is 11.5 Å². The molecule has 0 spiro atoms. The van der Waals surface area contributed by atoms with Crippen molar-refractivity contribution in [1.29, 1.82) is 0 Å². The topological polar surface area (TPSA) is 30.5 Å². The fourth-order valence-corrected chi connectivity index (χ4v) is 2.20. The Kier molecular flexibility index (Phi) is 4.29. The van der Waals surface area contributed by atoms with Crippen LogP contribution in [-0.4, -0.2) is 19.8 Å². The molecule has 0 heterocycles. The van der Waals surface area contributed by atoms with Gasteiger partial charge < -0.3 is 14.8 Å². The molecular formula is C13H18BrNO2. The highest BCUT2D eigenvalue weighted by Crippen LogP contribution is 2.36. The minimum absolute atomic E-state index is 0.642. The predicted molar refractivity (Wildman–Crippen MR) is 71.7 cm³/mol. The van der Waals surface area contributed by atoms with Gasteiger partial charge in [-0.25, -0.2) is 0 Å². The number of ether oxygens (including phenoxy) is 2. The lowest BCUT2D eigenvalue weighted by molar-refractivity contribution is 0.306. The van der Waals surface area contributed by atoms with E-state index in [1.807, 2.05) is 19.1 Å². The summed E-state index contributed by atoms with van der Waals surface area (Å²) in [6.45, 7) is 3.44. The molecule has 0 aromatic heterocycles. The van der Waals surface area contributed by atoms with Crippen LogP contribution in [0.25, 0.3) is 0 Å².